The maximum atomic E-state index is 12.7. The van der Waals surface area contributed by atoms with Crippen molar-refractivity contribution in [3.8, 4) is 21.7 Å². The molecule has 1 N–H and O–H groups in total. The molecule has 0 fully saturated rings. The molecule has 0 bridgehead atoms. The summed E-state index contributed by atoms with van der Waals surface area (Å²) in [4.78, 5) is 22.0. The van der Waals surface area contributed by atoms with E-state index in [4.69, 9.17) is 23.2 Å². The summed E-state index contributed by atoms with van der Waals surface area (Å²) in [5.41, 5.74) is 2.26. The molecule has 29 heavy (non-hydrogen) atoms. The highest BCUT2D eigenvalue weighted by Gasteiger charge is 2.22. The largest absolute Gasteiger partial charge is 0.300 e. The van der Waals surface area contributed by atoms with Crippen molar-refractivity contribution < 1.29 is 4.79 Å². The third kappa shape index (κ3) is 4.03. The molecule has 1 atom stereocenters. The Bertz CT molecular complexity index is 1100. The number of aromatic nitrogens is 4. The van der Waals surface area contributed by atoms with Crippen LogP contribution in [-0.4, -0.2) is 25.7 Å². The summed E-state index contributed by atoms with van der Waals surface area (Å²) in [5.74, 6) is -0.249. The van der Waals surface area contributed by atoms with Crippen molar-refractivity contribution in [2.45, 2.75) is 13.0 Å². The Kier molecular flexibility index (Phi) is 5.62. The molecule has 1 unspecified atom stereocenters. The maximum absolute atomic E-state index is 12.7. The van der Waals surface area contributed by atoms with Crippen molar-refractivity contribution in [2.24, 2.45) is 0 Å². The summed E-state index contributed by atoms with van der Waals surface area (Å²) in [6.07, 6.45) is 2.88. The van der Waals surface area contributed by atoms with E-state index in [0.717, 1.165) is 16.0 Å². The van der Waals surface area contributed by atoms with E-state index >= 15 is 0 Å². The molecular formula is C20H15Cl2N5OS. The van der Waals surface area contributed by atoms with Crippen LogP contribution >= 0.6 is 34.5 Å². The van der Waals surface area contributed by atoms with E-state index in [9.17, 15) is 4.79 Å². The normalized spacial score (nSPS) is 12.0. The molecule has 4 aromatic rings. The Morgan fingerprint density at radius 1 is 1.07 bits per heavy atom. The Morgan fingerprint density at radius 2 is 1.72 bits per heavy atom. The van der Waals surface area contributed by atoms with Gasteiger partial charge in [0, 0.05) is 16.1 Å². The highest BCUT2D eigenvalue weighted by Crippen LogP contribution is 2.43. The monoisotopic (exact) mass is 443 g/mol. The van der Waals surface area contributed by atoms with Crippen LogP contribution < -0.4 is 5.32 Å². The van der Waals surface area contributed by atoms with Gasteiger partial charge in [0.2, 0.25) is 0 Å². The van der Waals surface area contributed by atoms with Crippen LogP contribution in [0.4, 0.5) is 5.13 Å². The molecule has 0 aliphatic heterocycles. The summed E-state index contributed by atoms with van der Waals surface area (Å²) in [7, 11) is 0. The molecule has 2 aromatic carbocycles. The van der Waals surface area contributed by atoms with Gasteiger partial charge in [0.15, 0.2) is 5.13 Å². The lowest BCUT2D eigenvalue weighted by molar-refractivity contribution is -0.119. The minimum absolute atomic E-state index is 0.249. The number of hydrogen-bond donors (Lipinski definition) is 1. The maximum Gasteiger partial charge on any atom is 0.250 e. The Labute approximate surface area is 181 Å². The Morgan fingerprint density at radius 3 is 2.34 bits per heavy atom. The first kappa shape index (κ1) is 19.6. The third-order valence-electron chi connectivity index (χ3n) is 4.32. The van der Waals surface area contributed by atoms with Gasteiger partial charge in [-0.05, 0) is 19.1 Å². The summed E-state index contributed by atoms with van der Waals surface area (Å²) < 4.78 is 1.48. The predicted molar refractivity (Wildman–Crippen MR) is 116 cm³/mol. The molecule has 2 aromatic heterocycles. The molecular weight excluding hydrogens is 429 g/mol. The van der Waals surface area contributed by atoms with Gasteiger partial charge in [-0.15, -0.1) is 0 Å². The number of carbonyl (C=O) groups excluding carboxylic acids is 1. The van der Waals surface area contributed by atoms with Gasteiger partial charge in [-0.25, -0.2) is 14.6 Å². The number of nitrogens with zero attached hydrogens (tertiary/aromatic N) is 4. The molecule has 0 aliphatic rings. The minimum Gasteiger partial charge on any atom is -0.300 e. The zero-order valence-corrected chi connectivity index (χ0v) is 17.5. The Balaban J connectivity index is 1.75. The second-order valence-corrected chi connectivity index (χ2v) is 8.01. The highest BCUT2D eigenvalue weighted by atomic mass is 35.5. The van der Waals surface area contributed by atoms with Gasteiger partial charge in [0.1, 0.15) is 18.7 Å². The second-order valence-electron chi connectivity index (χ2n) is 6.20. The number of thiazole rings is 1. The van der Waals surface area contributed by atoms with Crippen molar-refractivity contribution in [1.29, 1.82) is 0 Å². The molecule has 0 saturated carbocycles. The number of hydrogen-bond acceptors (Lipinski definition) is 5. The first-order valence-corrected chi connectivity index (χ1v) is 10.3. The van der Waals surface area contributed by atoms with E-state index in [-0.39, 0.29) is 5.91 Å². The number of rotatable bonds is 5. The molecule has 1 amide bonds. The van der Waals surface area contributed by atoms with E-state index < -0.39 is 6.04 Å². The van der Waals surface area contributed by atoms with Gasteiger partial charge < -0.3 is 5.32 Å². The average molecular weight is 444 g/mol. The van der Waals surface area contributed by atoms with Crippen molar-refractivity contribution in [2.75, 3.05) is 5.32 Å². The predicted octanol–water partition coefficient (Wildman–Crippen LogP) is 5.58. The lowest BCUT2D eigenvalue weighted by Crippen LogP contribution is -2.23. The summed E-state index contributed by atoms with van der Waals surface area (Å²) in [6.45, 7) is 1.74. The topological polar surface area (TPSA) is 72.7 Å². The van der Waals surface area contributed by atoms with E-state index in [1.165, 1.54) is 28.7 Å². The van der Waals surface area contributed by atoms with Crippen LogP contribution in [0.5, 0.6) is 0 Å². The SMILES string of the molecule is CC(C(=O)Nc1nc(-c2ccccc2Cl)c(-c2ccccc2Cl)s1)n1cncn1. The van der Waals surface area contributed by atoms with E-state index in [0.29, 0.717) is 20.9 Å². The summed E-state index contributed by atoms with van der Waals surface area (Å²) in [5, 5.41) is 8.49. The molecule has 2 heterocycles. The molecule has 0 aliphatic carbocycles. The van der Waals surface area contributed by atoms with E-state index in [1.807, 2.05) is 42.5 Å². The number of carbonyl (C=O) groups is 1. The number of benzene rings is 2. The molecule has 0 radical (unpaired) electrons. The Hall–Kier alpha value is -2.74. The summed E-state index contributed by atoms with van der Waals surface area (Å²) in [6, 6.07) is 14.4. The molecule has 6 nitrogen and oxygen atoms in total. The molecule has 146 valence electrons. The third-order valence-corrected chi connectivity index (χ3v) is 5.98. The number of nitrogens with one attached hydrogen (secondary N) is 1. The smallest absolute Gasteiger partial charge is 0.250 e. The van der Waals surface area contributed by atoms with Crippen LogP contribution in [0.1, 0.15) is 13.0 Å². The van der Waals surface area contributed by atoms with Crippen molar-refractivity contribution >= 4 is 45.6 Å². The molecule has 4 rings (SSSR count). The van der Waals surface area contributed by atoms with Gasteiger partial charge in [-0.3, -0.25) is 4.79 Å². The van der Waals surface area contributed by atoms with Gasteiger partial charge in [0.05, 0.1) is 15.6 Å². The van der Waals surface area contributed by atoms with Crippen LogP contribution in [0.2, 0.25) is 10.0 Å². The molecule has 0 spiro atoms. The lowest BCUT2D eigenvalue weighted by atomic mass is 10.1. The van der Waals surface area contributed by atoms with Crippen molar-refractivity contribution in [3.05, 3.63) is 71.2 Å². The first-order valence-electron chi connectivity index (χ1n) is 8.70. The fourth-order valence-electron chi connectivity index (χ4n) is 2.78. The van der Waals surface area contributed by atoms with Crippen LogP contribution in [-0.2, 0) is 4.79 Å². The number of anilines is 1. The molecule has 9 heteroatoms. The average Bonchev–Trinajstić information content (AvgIpc) is 3.38. The first-order chi connectivity index (χ1) is 14.0. The van der Waals surface area contributed by atoms with Crippen LogP contribution in [0.15, 0.2) is 61.2 Å². The minimum atomic E-state index is -0.533. The van der Waals surface area contributed by atoms with Gasteiger partial charge >= 0.3 is 0 Å². The van der Waals surface area contributed by atoms with Crippen molar-refractivity contribution in [3.63, 3.8) is 0 Å². The standard InChI is InChI=1S/C20H15Cl2N5OS/c1-12(27-11-23-10-24-27)19(28)26-20-25-17(13-6-2-4-8-15(13)21)18(29-20)14-7-3-5-9-16(14)22/h2-12H,1H3,(H,25,26,28). The van der Waals surface area contributed by atoms with Crippen LogP contribution in [0.25, 0.3) is 21.7 Å². The second kappa shape index (κ2) is 8.32. The fraction of sp³-hybridized carbons (Fsp3) is 0.100. The van der Waals surface area contributed by atoms with Crippen LogP contribution in [0.3, 0.4) is 0 Å². The zero-order valence-electron chi connectivity index (χ0n) is 15.2. The molecule has 0 saturated heterocycles. The van der Waals surface area contributed by atoms with Crippen LogP contribution in [0, 0.1) is 0 Å². The number of amides is 1. The van der Waals surface area contributed by atoms with Gasteiger partial charge in [-0.1, -0.05) is 70.9 Å². The van der Waals surface area contributed by atoms with E-state index in [1.54, 1.807) is 13.0 Å². The van der Waals surface area contributed by atoms with Gasteiger partial charge in [0.25, 0.3) is 5.91 Å². The zero-order chi connectivity index (χ0) is 20.4. The quantitative estimate of drug-likeness (QED) is 0.437. The fourth-order valence-corrected chi connectivity index (χ4v) is 4.32. The highest BCUT2D eigenvalue weighted by molar-refractivity contribution is 7.19. The van der Waals surface area contributed by atoms with Gasteiger partial charge in [-0.2, -0.15) is 5.10 Å². The lowest BCUT2D eigenvalue weighted by Gasteiger charge is -2.09. The summed E-state index contributed by atoms with van der Waals surface area (Å²) >= 11 is 14.2. The van der Waals surface area contributed by atoms with Crippen molar-refractivity contribution in [1.82, 2.24) is 19.7 Å². The van der Waals surface area contributed by atoms with E-state index in [2.05, 4.69) is 20.4 Å². The number of halogens is 2.